The van der Waals surface area contributed by atoms with E-state index in [0.29, 0.717) is 11.4 Å². The Hall–Kier alpha value is -2.87. The quantitative estimate of drug-likeness (QED) is 0.481. The lowest BCUT2D eigenvalue weighted by molar-refractivity contribution is -0.143. The third-order valence-electron chi connectivity index (χ3n) is 4.54. The van der Waals surface area contributed by atoms with E-state index in [9.17, 15) is 9.59 Å². The Labute approximate surface area is 160 Å². The lowest BCUT2D eigenvalue weighted by Crippen LogP contribution is -2.20. The number of nitrogens with zero attached hydrogens (tertiary/aromatic N) is 4. The van der Waals surface area contributed by atoms with Crippen molar-refractivity contribution in [3.8, 4) is 11.4 Å². The summed E-state index contributed by atoms with van der Waals surface area (Å²) in [5.41, 5.74) is 3.98. The van der Waals surface area contributed by atoms with Gasteiger partial charge < -0.3 is 4.74 Å². The summed E-state index contributed by atoms with van der Waals surface area (Å²) in [5.74, 6) is -0.327. The molecule has 1 aliphatic carbocycles. The molecule has 0 spiro atoms. The number of benzene rings is 1. The summed E-state index contributed by atoms with van der Waals surface area (Å²) in [6.07, 6.45) is 4.41. The number of carbonyl (C=O) groups excluding carboxylic acids is 2. The number of tetrazole rings is 1. The molecule has 0 amide bonds. The highest BCUT2D eigenvalue weighted by Gasteiger charge is 2.15. The van der Waals surface area contributed by atoms with Crippen LogP contribution in [0.4, 0.5) is 0 Å². The van der Waals surface area contributed by atoms with Crippen LogP contribution in [0.25, 0.3) is 11.4 Å². The molecule has 3 aromatic rings. The molecule has 7 nitrogen and oxygen atoms in total. The van der Waals surface area contributed by atoms with Gasteiger partial charge in [-0.15, -0.1) is 10.2 Å². The molecule has 2 aromatic heterocycles. The average Bonchev–Trinajstić information content (AvgIpc) is 3.37. The summed E-state index contributed by atoms with van der Waals surface area (Å²) in [6.45, 7) is -0.474. The highest BCUT2D eigenvalue weighted by molar-refractivity contribution is 7.08. The Balaban J connectivity index is 1.32. The van der Waals surface area contributed by atoms with E-state index in [0.717, 1.165) is 24.8 Å². The van der Waals surface area contributed by atoms with Gasteiger partial charge in [-0.2, -0.15) is 16.1 Å². The molecule has 0 N–H and O–H groups in total. The minimum absolute atomic E-state index is 0.186. The molecule has 2 heterocycles. The van der Waals surface area contributed by atoms with Crippen molar-refractivity contribution in [2.24, 2.45) is 0 Å². The van der Waals surface area contributed by atoms with E-state index < -0.39 is 5.97 Å². The van der Waals surface area contributed by atoms with Crippen molar-refractivity contribution < 1.29 is 14.3 Å². The van der Waals surface area contributed by atoms with Crippen LogP contribution in [0, 0.1) is 0 Å². The maximum Gasteiger partial charge on any atom is 0.330 e. The standard InChI is InChI=1S/C19H18N4O3S/c24-17(15-6-5-13-3-1-2-4-14(13)9-15)11-26-18(25)10-23-21-19(20-22-23)16-7-8-27-12-16/h5-9,12H,1-4,10-11H2. The Kier molecular flexibility index (Phi) is 5.06. The van der Waals surface area contributed by atoms with Gasteiger partial charge in [0.2, 0.25) is 5.82 Å². The first-order chi connectivity index (χ1) is 13.2. The average molecular weight is 382 g/mol. The lowest BCUT2D eigenvalue weighted by atomic mass is 9.90. The Morgan fingerprint density at radius 1 is 1.15 bits per heavy atom. The maximum absolute atomic E-state index is 12.3. The van der Waals surface area contributed by atoms with Crippen molar-refractivity contribution in [1.82, 2.24) is 20.2 Å². The number of thiophene rings is 1. The number of ether oxygens (including phenoxy) is 1. The first-order valence-electron chi connectivity index (χ1n) is 8.80. The SMILES string of the molecule is O=C(Cn1nnc(-c2ccsc2)n1)OCC(=O)c1ccc2c(c1)CCCC2. The number of aromatic nitrogens is 4. The molecule has 0 saturated heterocycles. The Morgan fingerprint density at radius 3 is 2.81 bits per heavy atom. The summed E-state index contributed by atoms with van der Waals surface area (Å²) >= 11 is 1.53. The van der Waals surface area contributed by atoms with Crippen molar-refractivity contribution in [2.75, 3.05) is 6.61 Å². The monoisotopic (exact) mass is 382 g/mol. The van der Waals surface area contributed by atoms with Gasteiger partial charge in [-0.3, -0.25) is 4.79 Å². The molecule has 138 valence electrons. The normalized spacial score (nSPS) is 13.2. The van der Waals surface area contributed by atoms with E-state index in [2.05, 4.69) is 15.4 Å². The fourth-order valence-electron chi connectivity index (χ4n) is 3.11. The van der Waals surface area contributed by atoms with Gasteiger partial charge in [-0.1, -0.05) is 12.1 Å². The van der Waals surface area contributed by atoms with E-state index in [1.54, 1.807) is 0 Å². The Morgan fingerprint density at radius 2 is 2.00 bits per heavy atom. The topological polar surface area (TPSA) is 87.0 Å². The van der Waals surface area contributed by atoms with Gasteiger partial charge in [0.25, 0.3) is 0 Å². The molecule has 1 aromatic carbocycles. The van der Waals surface area contributed by atoms with Gasteiger partial charge >= 0.3 is 5.97 Å². The minimum Gasteiger partial charge on any atom is -0.456 e. The molecule has 0 aliphatic heterocycles. The van der Waals surface area contributed by atoms with E-state index >= 15 is 0 Å². The van der Waals surface area contributed by atoms with Crippen LogP contribution in [-0.2, 0) is 28.9 Å². The van der Waals surface area contributed by atoms with Crippen LogP contribution in [0.3, 0.4) is 0 Å². The van der Waals surface area contributed by atoms with Crippen LogP contribution < -0.4 is 0 Å². The van der Waals surface area contributed by atoms with Gasteiger partial charge in [-0.05, 0) is 59.5 Å². The number of hydrogen-bond donors (Lipinski definition) is 0. The highest BCUT2D eigenvalue weighted by atomic mass is 32.1. The zero-order valence-corrected chi connectivity index (χ0v) is 15.4. The molecule has 0 atom stereocenters. The van der Waals surface area contributed by atoms with Crippen molar-refractivity contribution in [2.45, 2.75) is 32.2 Å². The molecule has 0 saturated carbocycles. The molecule has 0 unspecified atom stereocenters. The summed E-state index contributed by atoms with van der Waals surface area (Å²) in [4.78, 5) is 25.5. The summed E-state index contributed by atoms with van der Waals surface area (Å²) in [5, 5.41) is 15.7. The van der Waals surface area contributed by atoms with Gasteiger partial charge in [0, 0.05) is 16.5 Å². The summed E-state index contributed by atoms with van der Waals surface area (Å²) in [6, 6.07) is 7.62. The fraction of sp³-hybridized carbons (Fsp3) is 0.316. The third-order valence-corrected chi connectivity index (χ3v) is 5.22. The molecular weight excluding hydrogens is 364 g/mol. The van der Waals surface area contributed by atoms with Crippen LogP contribution in [0.5, 0.6) is 0 Å². The Bertz CT molecular complexity index is 965. The maximum atomic E-state index is 12.3. The van der Waals surface area contributed by atoms with Crippen LogP contribution in [0.2, 0.25) is 0 Å². The van der Waals surface area contributed by atoms with Gasteiger partial charge in [-0.25, -0.2) is 4.79 Å². The number of esters is 1. The first-order valence-corrected chi connectivity index (χ1v) is 9.74. The molecule has 1 aliphatic rings. The van der Waals surface area contributed by atoms with E-state index in [-0.39, 0.29) is 18.9 Å². The van der Waals surface area contributed by atoms with Crippen molar-refractivity contribution in [3.63, 3.8) is 0 Å². The number of fused-ring (bicyclic) bond motifs is 1. The number of ketones is 1. The minimum atomic E-state index is -0.574. The molecule has 8 heteroatoms. The number of Topliss-reactive ketones (excluding diaryl/α,β-unsaturated/α-hetero) is 1. The predicted octanol–water partition coefficient (Wildman–Crippen LogP) is 2.71. The van der Waals surface area contributed by atoms with Gasteiger partial charge in [0.15, 0.2) is 18.9 Å². The second-order valence-corrected chi connectivity index (χ2v) is 7.21. The molecule has 27 heavy (non-hydrogen) atoms. The van der Waals surface area contributed by atoms with Crippen molar-refractivity contribution in [1.29, 1.82) is 0 Å². The van der Waals surface area contributed by atoms with E-state index in [1.807, 2.05) is 35.0 Å². The molecule has 0 bridgehead atoms. The van der Waals surface area contributed by atoms with Crippen molar-refractivity contribution >= 4 is 23.1 Å². The number of aryl methyl sites for hydroxylation is 2. The van der Waals surface area contributed by atoms with Crippen LogP contribution in [0.1, 0.15) is 34.3 Å². The molecule has 0 fully saturated rings. The van der Waals surface area contributed by atoms with Crippen LogP contribution in [-0.4, -0.2) is 38.6 Å². The van der Waals surface area contributed by atoms with Crippen LogP contribution >= 0.6 is 11.3 Å². The number of rotatable bonds is 6. The first kappa shape index (κ1) is 17.5. The number of hydrogen-bond acceptors (Lipinski definition) is 7. The van der Waals surface area contributed by atoms with Crippen LogP contribution in [0.15, 0.2) is 35.0 Å². The molecular formula is C19H18N4O3S. The second kappa shape index (κ2) is 7.79. The summed E-state index contributed by atoms with van der Waals surface area (Å²) < 4.78 is 5.09. The highest BCUT2D eigenvalue weighted by Crippen LogP contribution is 2.22. The van der Waals surface area contributed by atoms with Gasteiger partial charge in [0.05, 0.1) is 0 Å². The van der Waals surface area contributed by atoms with E-state index in [1.165, 1.54) is 33.7 Å². The van der Waals surface area contributed by atoms with E-state index in [4.69, 9.17) is 4.74 Å². The second-order valence-electron chi connectivity index (χ2n) is 6.43. The zero-order chi connectivity index (χ0) is 18.6. The smallest absolute Gasteiger partial charge is 0.330 e. The summed E-state index contributed by atoms with van der Waals surface area (Å²) in [7, 11) is 0. The zero-order valence-electron chi connectivity index (χ0n) is 14.6. The largest absolute Gasteiger partial charge is 0.456 e. The van der Waals surface area contributed by atoms with Crippen molar-refractivity contribution in [3.05, 3.63) is 51.7 Å². The number of carbonyl (C=O) groups is 2. The fourth-order valence-corrected chi connectivity index (χ4v) is 3.75. The third kappa shape index (κ3) is 4.11. The molecule has 0 radical (unpaired) electrons. The lowest BCUT2D eigenvalue weighted by Gasteiger charge is -2.16. The molecule has 4 rings (SSSR count). The predicted molar refractivity (Wildman–Crippen MR) is 99.5 cm³/mol. The van der Waals surface area contributed by atoms with Gasteiger partial charge in [0.1, 0.15) is 0 Å².